The number of hydrogen-bond acceptors (Lipinski definition) is 3. The van der Waals surface area contributed by atoms with Crippen LogP contribution >= 0.6 is 0 Å². The first-order valence-corrected chi connectivity index (χ1v) is 7.81. The molecule has 0 bridgehead atoms. The summed E-state index contributed by atoms with van der Waals surface area (Å²) in [6.07, 6.45) is 5.55. The minimum atomic E-state index is 0.0740. The minimum Gasteiger partial charge on any atom is -0.381 e. The van der Waals surface area contributed by atoms with Gasteiger partial charge in [0.05, 0.1) is 5.69 Å². The normalized spacial score (nSPS) is 20.9. The van der Waals surface area contributed by atoms with E-state index in [0.717, 1.165) is 18.8 Å². The lowest BCUT2D eigenvalue weighted by Crippen LogP contribution is -2.32. The Morgan fingerprint density at radius 1 is 1.30 bits per heavy atom. The van der Waals surface area contributed by atoms with Crippen LogP contribution in [0.5, 0.6) is 0 Å². The maximum atomic E-state index is 11.6. The molecule has 1 aromatic rings. The Balaban J connectivity index is 1.98. The molecule has 1 atom stereocenters. The molecule has 2 rings (SSSR count). The summed E-state index contributed by atoms with van der Waals surface area (Å²) >= 11 is 0. The van der Waals surface area contributed by atoms with E-state index in [1.807, 2.05) is 19.2 Å². The van der Waals surface area contributed by atoms with Crippen LogP contribution in [0.4, 0.5) is 5.69 Å². The van der Waals surface area contributed by atoms with Crippen LogP contribution in [0, 0.1) is 0 Å². The van der Waals surface area contributed by atoms with E-state index < -0.39 is 0 Å². The summed E-state index contributed by atoms with van der Waals surface area (Å²) in [5.74, 6) is 0. The lowest BCUT2D eigenvalue weighted by Gasteiger charge is -2.24. The van der Waals surface area contributed by atoms with E-state index in [1.54, 1.807) is 10.6 Å². The van der Waals surface area contributed by atoms with Crippen molar-refractivity contribution in [3.05, 3.63) is 28.7 Å². The monoisotopic (exact) mass is 277 g/mol. The number of pyridine rings is 1. The summed E-state index contributed by atoms with van der Waals surface area (Å²) in [5.41, 5.74) is 1.14. The third-order valence-electron chi connectivity index (χ3n) is 4.19. The molecule has 4 nitrogen and oxygen atoms in total. The Morgan fingerprint density at radius 3 is 2.80 bits per heavy atom. The number of nitrogens with zero attached hydrogens (tertiary/aromatic N) is 2. The second-order valence-electron chi connectivity index (χ2n) is 5.94. The number of aryl methyl sites for hydroxylation is 1. The highest BCUT2D eigenvalue weighted by atomic mass is 16.1. The molecule has 0 aliphatic carbocycles. The van der Waals surface area contributed by atoms with Crippen LogP contribution in [-0.2, 0) is 6.54 Å². The van der Waals surface area contributed by atoms with Gasteiger partial charge in [0, 0.05) is 37.4 Å². The number of hydrogen-bond donors (Lipinski definition) is 1. The van der Waals surface area contributed by atoms with Crippen LogP contribution in [0.1, 0.15) is 40.0 Å². The van der Waals surface area contributed by atoms with Gasteiger partial charge in [-0.3, -0.25) is 4.79 Å². The molecule has 20 heavy (non-hydrogen) atoms. The second kappa shape index (κ2) is 6.93. The Hall–Kier alpha value is -1.29. The molecule has 1 aliphatic rings. The molecule has 0 radical (unpaired) electrons. The quantitative estimate of drug-likeness (QED) is 0.919. The fourth-order valence-corrected chi connectivity index (χ4v) is 2.88. The number of nitrogens with one attached hydrogen (secondary N) is 1. The fraction of sp³-hybridized carbons (Fsp3) is 0.688. The van der Waals surface area contributed by atoms with E-state index in [2.05, 4.69) is 24.1 Å². The SMILES string of the molecule is CCn1cc(NC2CCCN(C(C)C)CC2)ccc1=O. The summed E-state index contributed by atoms with van der Waals surface area (Å²) in [4.78, 5) is 14.1. The van der Waals surface area contributed by atoms with Crippen LogP contribution in [0.3, 0.4) is 0 Å². The van der Waals surface area contributed by atoms with Crippen molar-refractivity contribution < 1.29 is 0 Å². The molecule has 1 saturated heterocycles. The first-order valence-electron chi connectivity index (χ1n) is 7.81. The average Bonchev–Trinajstić information content (AvgIpc) is 2.66. The summed E-state index contributed by atoms with van der Waals surface area (Å²) in [6, 6.07) is 4.71. The fourth-order valence-electron chi connectivity index (χ4n) is 2.88. The molecule has 1 fully saturated rings. The molecule has 1 unspecified atom stereocenters. The molecule has 1 aliphatic heterocycles. The van der Waals surface area contributed by atoms with Crippen LogP contribution in [-0.4, -0.2) is 34.6 Å². The molecule has 0 amide bonds. The van der Waals surface area contributed by atoms with Gasteiger partial charge < -0.3 is 14.8 Å². The van der Waals surface area contributed by atoms with E-state index in [0.29, 0.717) is 12.1 Å². The molecule has 1 aromatic heterocycles. The standard InChI is InChI=1S/C16H27N3O/c1-4-18-12-15(7-8-16(18)20)17-14-6-5-10-19(11-9-14)13(2)3/h7-8,12-14,17H,4-6,9-11H2,1-3H3. The third-order valence-corrected chi connectivity index (χ3v) is 4.19. The smallest absolute Gasteiger partial charge is 0.250 e. The van der Waals surface area contributed by atoms with Gasteiger partial charge in [0.1, 0.15) is 0 Å². The zero-order chi connectivity index (χ0) is 14.5. The molecule has 0 aromatic carbocycles. The van der Waals surface area contributed by atoms with Crippen molar-refractivity contribution in [2.75, 3.05) is 18.4 Å². The van der Waals surface area contributed by atoms with E-state index in [-0.39, 0.29) is 5.56 Å². The molecule has 0 spiro atoms. The van der Waals surface area contributed by atoms with Crippen LogP contribution in [0.15, 0.2) is 23.1 Å². The van der Waals surface area contributed by atoms with E-state index in [9.17, 15) is 4.79 Å². The highest BCUT2D eigenvalue weighted by Gasteiger charge is 2.18. The predicted molar refractivity (Wildman–Crippen MR) is 84.3 cm³/mol. The van der Waals surface area contributed by atoms with Gasteiger partial charge in [0.2, 0.25) is 0 Å². The number of aromatic nitrogens is 1. The summed E-state index contributed by atoms with van der Waals surface area (Å²) in [5, 5.41) is 3.60. The lowest BCUT2D eigenvalue weighted by molar-refractivity contribution is 0.230. The number of likely N-dealkylation sites (tertiary alicyclic amines) is 1. The molecule has 4 heteroatoms. The summed E-state index contributed by atoms with van der Waals surface area (Å²) in [7, 11) is 0. The lowest BCUT2D eigenvalue weighted by atomic mass is 10.1. The Morgan fingerprint density at radius 2 is 2.10 bits per heavy atom. The van der Waals surface area contributed by atoms with Gasteiger partial charge in [0.25, 0.3) is 5.56 Å². The van der Waals surface area contributed by atoms with Crippen LogP contribution < -0.4 is 10.9 Å². The Bertz CT molecular complexity index is 481. The number of anilines is 1. The zero-order valence-electron chi connectivity index (χ0n) is 12.9. The summed E-state index contributed by atoms with van der Waals surface area (Å²) < 4.78 is 1.75. The van der Waals surface area contributed by atoms with Crippen molar-refractivity contribution in [1.29, 1.82) is 0 Å². The van der Waals surface area contributed by atoms with Gasteiger partial charge in [-0.25, -0.2) is 0 Å². The topological polar surface area (TPSA) is 37.3 Å². The van der Waals surface area contributed by atoms with Crippen molar-refractivity contribution in [3.8, 4) is 0 Å². The highest BCUT2D eigenvalue weighted by molar-refractivity contribution is 5.41. The molecule has 112 valence electrons. The largest absolute Gasteiger partial charge is 0.381 e. The van der Waals surface area contributed by atoms with Gasteiger partial charge in [-0.05, 0) is 52.6 Å². The Labute approximate surface area is 121 Å². The predicted octanol–water partition coefficient (Wildman–Crippen LogP) is 2.54. The zero-order valence-corrected chi connectivity index (χ0v) is 12.9. The van der Waals surface area contributed by atoms with Crippen LogP contribution in [0.2, 0.25) is 0 Å². The Kier molecular flexibility index (Phi) is 5.24. The van der Waals surface area contributed by atoms with Crippen molar-refractivity contribution in [2.45, 2.75) is 58.7 Å². The van der Waals surface area contributed by atoms with Crippen molar-refractivity contribution >= 4 is 5.69 Å². The van der Waals surface area contributed by atoms with Crippen molar-refractivity contribution in [2.24, 2.45) is 0 Å². The van der Waals surface area contributed by atoms with E-state index in [4.69, 9.17) is 0 Å². The number of rotatable bonds is 4. The van der Waals surface area contributed by atoms with Crippen molar-refractivity contribution in [3.63, 3.8) is 0 Å². The maximum absolute atomic E-state index is 11.6. The summed E-state index contributed by atoms with van der Waals surface area (Å²) in [6.45, 7) is 9.61. The first-order chi connectivity index (χ1) is 9.60. The van der Waals surface area contributed by atoms with Gasteiger partial charge >= 0.3 is 0 Å². The van der Waals surface area contributed by atoms with Gasteiger partial charge in [-0.2, -0.15) is 0 Å². The van der Waals surface area contributed by atoms with Gasteiger partial charge in [0.15, 0.2) is 0 Å². The minimum absolute atomic E-state index is 0.0740. The average molecular weight is 277 g/mol. The first kappa shape index (κ1) is 15.1. The van der Waals surface area contributed by atoms with E-state index >= 15 is 0 Å². The highest BCUT2D eigenvalue weighted by Crippen LogP contribution is 2.17. The molecule has 0 saturated carbocycles. The van der Waals surface area contributed by atoms with Crippen LogP contribution in [0.25, 0.3) is 0 Å². The molecule has 2 heterocycles. The van der Waals surface area contributed by atoms with E-state index in [1.165, 1.54) is 25.8 Å². The molecule has 1 N–H and O–H groups in total. The van der Waals surface area contributed by atoms with Gasteiger partial charge in [-0.1, -0.05) is 0 Å². The van der Waals surface area contributed by atoms with Crippen molar-refractivity contribution in [1.82, 2.24) is 9.47 Å². The third kappa shape index (κ3) is 3.85. The second-order valence-corrected chi connectivity index (χ2v) is 5.94. The molecular weight excluding hydrogens is 250 g/mol. The maximum Gasteiger partial charge on any atom is 0.250 e. The van der Waals surface area contributed by atoms with Gasteiger partial charge in [-0.15, -0.1) is 0 Å². The molecular formula is C16H27N3O.